The quantitative estimate of drug-likeness (QED) is 0.0405. The number of aliphatic hydroxyl groups excluding tert-OH is 8. The van der Waals surface area contributed by atoms with Gasteiger partial charge in [0.05, 0.1) is 33.0 Å². The molecule has 11 unspecified atom stereocenters. The smallest absolute Gasteiger partial charge is 0.394 e. The summed E-state index contributed by atoms with van der Waals surface area (Å²) in [5, 5.41) is 79.6. The summed E-state index contributed by atoms with van der Waals surface area (Å²) >= 11 is 0. The number of unbranched alkanes of at least 4 members (excludes halogenated alkanes) is 15. The molecule has 0 bridgehead atoms. The largest absolute Gasteiger partial charge is 0.472 e. The molecule has 17 heteroatoms. The van der Waals surface area contributed by atoms with Crippen molar-refractivity contribution in [1.29, 1.82) is 0 Å². The summed E-state index contributed by atoms with van der Waals surface area (Å²) in [6.45, 7) is -0.479. The van der Waals surface area contributed by atoms with Crippen molar-refractivity contribution in [2.45, 2.75) is 177 Å². The third-order valence-electron chi connectivity index (χ3n) is 9.12. The van der Waals surface area contributed by atoms with Gasteiger partial charge in [0, 0.05) is 0 Å². The van der Waals surface area contributed by atoms with Crippen LogP contribution in [0.15, 0.2) is 0 Å². The average molecular weight is 749 g/mol. The Kier molecular flexibility index (Phi) is 23.5. The summed E-state index contributed by atoms with van der Waals surface area (Å²) in [5.74, 6) is 0. The molecule has 2 fully saturated rings. The molecule has 0 radical (unpaired) electrons. The maximum Gasteiger partial charge on any atom is 0.472 e. The van der Waals surface area contributed by atoms with Crippen LogP contribution < -0.4 is 0 Å². The zero-order valence-corrected chi connectivity index (χ0v) is 30.4. The first-order valence-corrected chi connectivity index (χ1v) is 19.9. The molecule has 0 spiro atoms. The van der Waals surface area contributed by atoms with Crippen molar-refractivity contribution < 1.29 is 78.3 Å². The van der Waals surface area contributed by atoms with E-state index in [9.17, 15) is 50.3 Å². The monoisotopic (exact) mass is 748 g/mol. The number of phosphoric acid groups is 1. The second-order valence-corrected chi connectivity index (χ2v) is 14.8. The van der Waals surface area contributed by atoms with Crippen molar-refractivity contribution in [2.24, 2.45) is 0 Å². The van der Waals surface area contributed by atoms with E-state index in [1.54, 1.807) is 0 Å². The molecule has 0 amide bonds. The van der Waals surface area contributed by atoms with Gasteiger partial charge < -0.3 is 64.7 Å². The van der Waals surface area contributed by atoms with Crippen molar-refractivity contribution >= 4 is 7.82 Å². The minimum Gasteiger partial charge on any atom is -0.394 e. The number of rotatable bonds is 28. The third kappa shape index (κ3) is 16.8. The zero-order chi connectivity index (χ0) is 36.9. The van der Waals surface area contributed by atoms with Gasteiger partial charge in [0.2, 0.25) is 0 Å². The van der Waals surface area contributed by atoms with Crippen molar-refractivity contribution in [3.63, 3.8) is 0 Å². The van der Waals surface area contributed by atoms with E-state index in [0.717, 1.165) is 25.7 Å². The molecule has 9 N–H and O–H groups in total. The Morgan fingerprint density at radius 1 is 0.560 bits per heavy atom. The predicted octanol–water partition coefficient (Wildman–Crippen LogP) is 1.38. The lowest BCUT2D eigenvalue weighted by atomic mass is 9.99. The van der Waals surface area contributed by atoms with Crippen molar-refractivity contribution in [3.8, 4) is 0 Å². The number of phosphoric ester groups is 1. The Balaban J connectivity index is 1.76. The first-order valence-electron chi connectivity index (χ1n) is 18.5. The SMILES string of the molecule is CCCCCCCCCCCCCCCCCCOP(=O)(O)OC(COC1OC(CO)C(O)C(O)C1O)COC1OC(CO)C(O)C(O)C1O. The molecule has 2 aliphatic heterocycles. The van der Waals surface area contributed by atoms with E-state index in [1.165, 1.54) is 70.6 Å². The van der Waals surface area contributed by atoms with Crippen molar-refractivity contribution in [1.82, 2.24) is 0 Å². The van der Waals surface area contributed by atoms with Gasteiger partial charge in [0.1, 0.15) is 54.9 Å². The highest BCUT2D eigenvalue weighted by Gasteiger charge is 2.46. The Morgan fingerprint density at radius 2 is 0.920 bits per heavy atom. The van der Waals surface area contributed by atoms with Gasteiger partial charge in [0.15, 0.2) is 12.6 Å². The Morgan fingerprint density at radius 3 is 1.28 bits per heavy atom. The molecular weight excluding hydrogens is 683 g/mol. The van der Waals surface area contributed by atoms with Crippen LogP contribution in [0.3, 0.4) is 0 Å². The van der Waals surface area contributed by atoms with Crippen LogP contribution in [-0.2, 0) is 32.6 Å². The van der Waals surface area contributed by atoms with Gasteiger partial charge in [-0.3, -0.25) is 9.05 Å². The predicted molar refractivity (Wildman–Crippen MR) is 180 cm³/mol. The molecular formula is C33H65O16P. The van der Waals surface area contributed by atoms with Crippen LogP contribution in [0.2, 0.25) is 0 Å². The summed E-state index contributed by atoms with van der Waals surface area (Å²) in [7, 11) is -4.71. The molecule has 0 aliphatic carbocycles. The number of hydrogen-bond acceptors (Lipinski definition) is 15. The maximum absolute atomic E-state index is 12.8. The van der Waals surface area contributed by atoms with Crippen LogP contribution in [-0.4, -0.2) is 146 Å². The number of ether oxygens (including phenoxy) is 4. The number of aliphatic hydroxyl groups is 8. The van der Waals surface area contributed by atoms with Crippen molar-refractivity contribution in [2.75, 3.05) is 33.0 Å². The first-order chi connectivity index (χ1) is 23.9. The highest BCUT2D eigenvalue weighted by atomic mass is 31.2. The molecule has 11 atom stereocenters. The normalized spacial score (nSPS) is 32.2. The summed E-state index contributed by atoms with van der Waals surface area (Å²) < 4.78 is 44.8. The molecule has 16 nitrogen and oxygen atoms in total. The number of hydrogen-bond donors (Lipinski definition) is 9. The van der Waals surface area contributed by atoms with E-state index in [2.05, 4.69) is 6.92 Å². The molecule has 0 aromatic carbocycles. The topological polar surface area (TPSA) is 255 Å². The van der Waals surface area contributed by atoms with E-state index in [4.69, 9.17) is 28.0 Å². The van der Waals surface area contributed by atoms with Crippen LogP contribution >= 0.6 is 7.82 Å². The van der Waals surface area contributed by atoms with Crippen LogP contribution in [0.5, 0.6) is 0 Å². The van der Waals surface area contributed by atoms with Crippen LogP contribution in [0, 0.1) is 0 Å². The van der Waals surface area contributed by atoms with Gasteiger partial charge in [-0.1, -0.05) is 103 Å². The van der Waals surface area contributed by atoms with E-state index in [-0.39, 0.29) is 6.61 Å². The summed E-state index contributed by atoms with van der Waals surface area (Å²) in [5.41, 5.74) is 0. The van der Waals surface area contributed by atoms with E-state index < -0.39 is 102 Å². The molecule has 0 aromatic rings. The van der Waals surface area contributed by atoms with Gasteiger partial charge in [-0.15, -0.1) is 0 Å². The molecule has 50 heavy (non-hydrogen) atoms. The Labute approximate surface area is 296 Å². The highest BCUT2D eigenvalue weighted by molar-refractivity contribution is 7.47. The van der Waals surface area contributed by atoms with Gasteiger partial charge in [-0.05, 0) is 6.42 Å². The maximum atomic E-state index is 12.8. The molecule has 2 saturated heterocycles. The summed E-state index contributed by atoms with van der Waals surface area (Å²) in [6, 6.07) is 0. The van der Waals surface area contributed by atoms with Crippen molar-refractivity contribution in [3.05, 3.63) is 0 Å². The van der Waals surface area contributed by atoms with Gasteiger partial charge in [0.25, 0.3) is 0 Å². The van der Waals surface area contributed by atoms with Gasteiger partial charge >= 0.3 is 7.82 Å². The van der Waals surface area contributed by atoms with Gasteiger partial charge in [-0.2, -0.15) is 0 Å². The van der Waals surface area contributed by atoms with Crippen LogP contribution in [0.1, 0.15) is 110 Å². The second-order valence-electron chi connectivity index (χ2n) is 13.4. The lowest BCUT2D eigenvalue weighted by molar-refractivity contribution is -0.313. The standard InChI is InChI=1S/C33H65O16P/c1-2-3-4-5-6-7-8-9-10-11-12-13-14-15-16-17-18-46-50(42,43)49-23(21-44-32-30(40)28(38)26(36)24(19-34)47-32)22-45-33-31(41)29(39)27(37)25(20-35)48-33/h23-41H,2-22H2,1H3,(H,42,43). The fraction of sp³-hybridized carbons (Fsp3) is 1.00. The second kappa shape index (κ2) is 25.6. The summed E-state index contributed by atoms with van der Waals surface area (Å²) in [6.07, 6.45) is 1.42. The lowest BCUT2D eigenvalue weighted by Gasteiger charge is -2.40. The molecule has 0 saturated carbocycles. The van der Waals surface area contributed by atoms with Gasteiger partial charge in [-0.25, -0.2) is 4.57 Å². The minimum atomic E-state index is -4.71. The molecule has 2 heterocycles. The van der Waals surface area contributed by atoms with E-state index in [0.29, 0.717) is 6.42 Å². The van der Waals surface area contributed by atoms with E-state index >= 15 is 0 Å². The zero-order valence-electron chi connectivity index (χ0n) is 29.5. The lowest BCUT2D eigenvalue weighted by Crippen LogP contribution is -2.60. The fourth-order valence-electron chi connectivity index (χ4n) is 5.97. The highest BCUT2D eigenvalue weighted by Crippen LogP contribution is 2.45. The third-order valence-corrected chi connectivity index (χ3v) is 10.2. The Bertz CT molecular complexity index is 860. The minimum absolute atomic E-state index is 0.0694. The van der Waals surface area contributed by atoms with Crippen LogP contribution in [0.4, 0.5) is 0 Å². The van der Waals surface area contributed by atoms with Crippen LogP contribution in [0.25, 0.3) is 0 Å². The molecule has 2 rings (SSSR count). The Hall–Kier alpha value is -0.370. The molecule has 0 aromatic heterocycles. The average Bonchev–Trinajstić information content (AvgIpc) is 3.10. The summed E-state index contributed by atoms with van der Waals surface area (Å²) in [4.78, 5) is 10.4. The molecule has 298 valence electrons. The first kappa shape index (κ1) is 45.8. The molecule has 2 aliphatic rings. The van der Waals surface area contributed by atoms with E-state index in [1.807, 2.05) is 0 Å². The fourth-order valence-corrected chi connectivity index (χ4v) is 6.89.